The molecule has 0 radical (unpaired) electrons. The van der Waals surface area contributed by atoms with Gasteiger partial charge in [-0.05, 0) is 0 Å². The Bertz CT molecular complexity index is 655. The molecule has 2 nitrogen and oxygen atoms in total. The Hall–Kier alpha value is -1.21. The van der Waals surface area contributed by atoms with E-state index < -0.39 is 7.26 Å². The molecule has 0 amide bonds. The van der Waals surface area contributed by atoms with Crippen LogP contribution in [0, 0.1) is 0 Å². The first-order chi connectivity index (χ1) is 16.2. The van der Waals surface area contributed by atoms with Gasteiger partial charge in [0, 0.05) is 0 Å². The van der Waals surface area contributed by atoms with Crippen molar-refractivity contribution < 1.29 is 9.47 Å². The van der Waals surface area contributed by atoms with Gasteiger partial charge < -0.3 is 0 Å². The van der Waals surface area contributed by atoms with Crippen LogP contribution in [0.5, 0.6) is 0 Å². The fourth-order valence-corrected chi connectivity index (χ4v) is 11.3. The van der Waals surface area contributed by atoms with Crippen LogP contribution in [-0.2, 0) is 9.47 Å². The molecule has 0 aliphatic heterocycles. The molecule has 0 saturated carbocycles. The molecular formula is C30H49O2P. The van der Waals surface area contributed by atoms with Crippen molar-refractivity contribution in [3.8, 4) is 0 Å². The molecule has 0 fully saturated rings. The molecule has 0 aromatic heterocycles. The Labute approximate surface area is 204 Å². The summed E-state index contributed by atoms with van der Waals surface area (Å²) in [6.45, 7) is 4.56. The Balaban J connectivity index is 2.46. The van der Waals surface area contributed by atoms with Gasteiger partial charge in [-0.1, -0.05) is 0 Å². The summed E-state index contributed by atoms with van der Waals surface area (Å²) in [6, 6.07) is 22.4. The predicted molar refractivity (Wildman–Crippen MR) is 149 cm³/mol. The third-order valence-electron chi connectivity index (χ3n) is 7.23. The third kappa shape index (κ3) is 7.91. The number of ether oxygens (including phenoxy) is 2. The molecule has 2 aromatic carbocycles. The molecular weight excluding hydrogens is 423 g/mol. The Morgan fingerprint density at radius 3 is 1.24 bits per heavy atom. The van der Waals surface area contributed by atoms with E-state index >= 15 is 0 Å². The van der Waals surface area contributed by atoms with Crippen molar-refractivity contribution in [3.05, 3.63) is 60.7 Å². The van der Waals surface area contributed by atoms with Gasteiger partial charge in [-0.25, -0.2) is 0 Å². The van der Waals surface area contributed by atoms with E-state index in [1.165, 1.54) is 74.8 Å². The van der Waals surface area contributed by atoms with E-state index in [0.717, 1.165) is 12.8 Å². The van der Waals surface area contributed by atoms with Crippen LogP contribution >= 0.6 is 7.26 Å². The molecule has 0 bridgehead atoms. The molecule has 2 atom stereocenters. The Morgan fingerprint density at radius 1 is 0.545 bits per heavy atom. The molecule has 33 heavy (non-hydrogen) atoms. The van der Waals surface area contributed by atoms with Gasteiger partial charge in [0.25, 0.3) is 0 Å². The van der Waals surface area contributed by atoms with Crippen LogP contribution < -0.4 is 10.6 Å². The van der Waals surface area contributed by atoms with Crippen LogP contribution in [0.1, 0.15) is 90.9 Å². The summed E-state index contributed by atoms with van der Waals surface area (Å²) < 4.78 is 12.9. The van der Waals surface area contributed by atoms with Crippen LogP contribution in [0.25, 0.3) is 0 Å². The number of unbranched alkanes of at least 4 members (excludes halogenated alkanes) is 8. The SMILES string of the molecule is CCCCCCCC(OC)[PH](c1ccccc1)(c1ccccc1)C(CCCCCCC)OC. The van der Waals surface area contributed by atoms with Gasteiger partial charge in [0.2, 0.25) is 0 Å². The van der Waals surface area contributed by atoms with E-state index in [1.807, 2.05) is 14.2 Å². The van der Waals surface area contributed by atoms with Crippen molar-refractivity contribution in [2.45, 2.75) is 103 Å². The molecule has 0 aliphatic rings. The van der Waals surface area contributed by atoms with Gasteiger partial charge in [0.05, 0.1) is 0 Å². The average molecular weight is 473 g/mol. The zero-order chi connectivity index (χ0) is 23.8. The second-order valence-electron chi connectivity index (χ2n) is 9.46. The fraction of sp³-hybridized carbons (Fsp3) is 0.600. The molecule has 3 heteroatoms. The number of rotatable bonds is 18. The maximum absolute atomic E-state index is 6.44. The second-order valence-corrected chi connectivity index (χ2v) is 13.6. The van der Waals surface area contributed by atoms with Gasteiger partial charge in [-0.2, -0.15) is 0 Å². The number of hydrogen-bond donors (Lipinski definition) is 0. The summed E-state index contributed by atoms with van der Waals surface area (Å²) in [5, 5.41) is 2.88. The van der Waals surface area contributed by atoms with E-state index in [1.54, 1.807) is 0 Å². The molecule has 186 valence electrons. The van der Waals surface area contributed by atoms with Crippen LogP contribution in [0.3, 0.4) is 0 Å². The van der Waals surface area contributed by atoms with Crippen LogP contribution in [0.4, 0.5) is 0 Å². The summed E-state index contributed by atoms with van der Waals surface area (Å²) in [7, 11) is 1.47. The van der Waals surface area contributed by atoms with Crippen LogP contribution in [0.2, 0.25) is 0 Å². The first-order valence-corrected chi connectivity index (χ1v) is 15.6. The van der Waals surface area contributed by atoms with Gasteiger partial charge in [0.15, 0.2) is 0 Å². The predicted octanol–water partition coefficient (Wildman–Crippen LogP) is 8.05. The number of methoxy groups -OCH3 is 2. The Kier molecular flexibility index (Phi) is 13.9. The fourth-order valence-electron chi connectivity index (χ4n) is 5.47. The molecule has 2 aromatic rings. The summed E-state index contributed by atoms with van der Waals surface area (Å²) in [4.78, 5) is 0. The molecule has 0 heterocycles. The van der Waals surface area contributed by atoms with Gasteiger partial charge in [-0.3, -0.25) is 0 Å². The normalized spacial score (nSPS) is 14.2. The summed E-state index contributed by atoms with van der Waals surface area (Å²) >= 11 is 0. The summed E-state index contributed by atoms with van der Waals surface area (Å²) in [5.41, 5.74) is 0. The molecule has 0 spiro atoms. The first-order valence-electron chi connectivity index (χ1n) is 13.4. The van der Waals surface area contributed by atoms with E-state index in [4.69, 9.17) is 9.47 Å². The summed E-state index contributed by atoms with van der Waals surface area (Å²) in [5.74, 6) is 0.397. The molecule has 0 saturated heterocycles. The molecule has 0 N–H and O–H groups in total. The number of hydrogen-bond acceptors (Lipinski definition) is 2. The van der Waals surface area contributed by atoms with E-state index in [-0.39, 0.29) is 11.7 Å². The molecule has 2 rings (SSSR count). The minimum absolute atomic E-state index is 0.199. The standard InChI is InChI=1S/C30H49O2P/c1-5-7-9-11-19-25-29(31-3)33(27-21-15-13-16-22-27,28-23-17-14-18-24-28)30(32-4)26-20-12-10-8-6-2/h13-18,21-24,29-30,33H,5-12,19-20,25-26H2,1-4H3. The van der Waals surface area contributed by atoms with Gasteiger partial charge in [0.1, 0.15) is 0 Å². The quantitative estimate of drug-likeness (QED) is 0.161. The van der Waals surface area contributed by atoms with E-state index in [0.29, 0.717) is 0 Å². The number of benzene rings is 2. The molecule has 0 aliphatic carbocycles. The maximum atomic E-state index is 6.44. The average Bonchev–Trinajstić information content (AvgIpc) is 2.87. The third-order valence-corrected chi connectivity index (χ3v) is 12.9. The van der Waals surface area contributed by atoms with E-state index in [9.17, 15) is 0 Å². The minimum atomic E-state index is -2.39. The monoisotopic (exact) mass is 472 g/mol. The topological polar surface area (TPSA) is 18.5 Å². The van der Waals surface area contributed by atoms with Crippen molar-refractivity contribution in [2.75, 3.05) is 14.2 Å². The van der Waals surface area contributed by atoms with Gasteiger partial charge in [-0.15, -0.1) is 0 Å². The van der Waals surface area contributed by atoms with Crippen LogP contribution in [0.15, 0.2) is 60.7 Å². The van der Waals surface area contributed by atoms with Crippen molar-refractivity contribution >= 4 is 17.9 Å². The van der Waals surface area contributed by atoms with Gasteiger partial charge >= 0.3 is 205 Å². The Morgan fingerprint density at radius 2 is 0.909 bits per heavy atom. The zero-order valence-electron chi connectivity index (χ0n) is 21.7. The van der Waals surface area contributed by atoms with Crippen molar-refractivity contribution in [1.29, 1.82) is 0 Å². The summed E-state index contributed by atoms with van der Waals surface area (Å²) in [6.07, 6.45) is 15.1. The second kappa shape index (κ2) is 16.4. The van der Waals surface area contributed by atoms with Crippen molar-refractivity contribution in [1.82, 2.24) is 0 Å². The molecule has 2 unspecified atom stereocenters. The van der Waals surface area contributed by atoms with Crippen molar-refractivity contribution in [3.63, 3.8) is 0 Å². The van der Waals surface area contributed by atoms with E-state index in [2.05, 4.69) is 74.5 Å². The van der Waals surface area contributed by atoms with Crippen molar-refractivity contribution in [2.24, 2.45) is 0 Å². The first kappa shape index (κ1) is 28.0. The van der Waals surface area contributed by atoms with Crippen LogP contribution in [-0.4, -0.2) is 25.9 Å². The zero-order valence-corrected chi connectivity index (χ0v) is 22.7.